The summed E-state index contributed by atoms with van der Waals surface area (Å²) in [5.74, 6) is 1.36. The van der Waals surface area contributed by atoms with E-state index in [1.54, 1.807) is 0 Å². The Bertz CT molecular complexity index is 285. The Labute approximate surface area is 123 Å². The molecule has 2 fully saturated rings. The lowest BCUT2D eigenvalue weighted by Gasteiger charge is -2.32. The number of rotatable bonds is 4. The summed E-state index contributed by atoms with van der Waals surface area (Å²) in [6.07, 6.45) is 10.3. The summed E-state index contributed by atoms with van der Waals surface area (Å²) in [5, 5.41) is 3.27. The fourth-order valence-electron chi connectivity index (χ4n) is 3.71. The summed E-state index contributed by atoms with van der Waals surface area (Å²) < 4.78 is 0. The molecule has 0 bridgehead atoms. The van der Waals surface area contributed by atoms with E-state index in [0.717, 1.165) is 12.8 Å². The van der Waals surface area contributed by atoms with Crippen LogP contribution in [0.1, 0.15) is 64.7 Å². The summed E-state index contributed by atoms with van der Waals surface area (Å²) in [6, 6.07) is 0.679. The van der Waals surface area contributed by atoms with Crippen LogP contribution < -0.4 is 11.1 Å². The maximum absolute atomic E-state index is 12.1. The Hall–Kier alpha value is -0.280. The van der Waals surface area contributed by atoms with Crippen molar-refractivity contribution in [2.75, 3.05) is 0 Å². The molecule has 3 N–H and O–H groups in total. The second-order valence-corrected chi connectivity index (χ2v) is 6.19. The molecule has 4 atom stereocenters. The van der Waals surface area contributed by atoms with Crippen LogP contribution >= 0.6 is 12.4 Å². The SMILES string of the molecule is CCC1CCCCC1NC(=O)C[C@@H]1CCC[C@H]1N.Cl. The Kier molecular flexibility index (Phi) is 7.16. The highest BCUT2D eigenvalue weighted by Crippen LogP contribution is 2.29. The maximum Gasteiger partial charge on any atom is 0.220 e. The molecule has 0 radical (unpaired) electrons. The van der Waals surface area contributed by atoms with Gasteiger partial charge < -0.3 is 11.1 Å². The number of halogens is 1. The molecule has 2 rings (SSSR count). The molecule has 0 saturated heterocycles. The number of carbonyl (C=O) groups is 1. The summed E-state index contributed by atoms with van der Waals surface area (Å²) in [7, 11) is 0. The van der Waals surface area contributed by atoms with E-state index in [-0.39, 0.29) is 24.4 Å². The molecular weight excluding hydrogens is 260 g/mol. The van der Waals surface area contributed by atoms with Crippen LogP contribution in [0.15, 0.2) is 0 Å². The second kappa shape index (κ2) is 8.11. The van der Waals surface area contributed by atoms with Crippen LogP contribution in [-0.4, -0.2) is 18.0 Å². The molecule has 0 aromatic carbocycles. The molecule has 4 heteroatoms. The minimum atomic E-state index is 0. The van der Waals surface area contributed by atoms with Gasteiger partial charge in [0.25, 0.3) is 0 Å². The maximum atomic E-state index is 12.1. The summed E-state index contributed by atoms with van der Waals surface area (Å²) >= 11 is 0. The predicted molar refractivity (Wildman–Crippen MR) is 81.4 cm³/mol. The predicted octanol–water partition coefficient (Wildman–Crippen LogP) is 3.01. The Morgan fingerprint density at radius 2 is 1.79 bits per heavy atom. The van der Waals surface area contributed by atoms with Gasteiger partial charge in [-0.25, -0.2) is 0 Å². The molecule has 0 aliphatic heterocycles. The minimum Gasteiger partial charge on any atom is -0.353 e. The van der Waals surface area contributed by atoms with Crippen LogP contribution in [0.2, 0.25) is 0 Å². The Morgan fingerprint density at radius 3 is 2.42 bits per heavy atom. The van der Waals surface area contributed by atoms with Crippen LogP contribution in [0.5, 0.6) is 0 Å². The van der Waals surface area contributed by atoms with Crippen molar-refractivity contribution in [3.8, 4) is 0 Å². The highest BCUT2D eigenvalue weighted by molar-refractivity contribution is 5.85. The molecule has 19 heavy (non-hydrogen) atoms. The van der Waals surface area contributed by atoms with Gasteiger partial charge in [0.15, 0.2) is 0 Å². The lowest BCUT2D eigenvalue weighted by molar-refractivity contribution is -0.123. The second-order valence-electron chi connectivity index (χ2n) is 6.19. The van der Waals surface area contributed by atoms with Crippen molar-refractivity contribution in [1.29, 1.82) is 0 Å². The molecule has 0 aromatic heterocycles. The van der Waals surface area contributed by atoms with Gasteiger partial charge in [-0.2, -0.15) is 0 Å². The molecule has 112 valence electrons. The minimum absolute atomic E-state index is 0. The molecule has 2 aliphatic carbocycles. The summed E-state index contributed by atoms with van der Waals surface area (Å²) in [5.41, 5.74) is 6.03. The third kappa shape index (κ3) is 4.64. The molecule has 1 amide bonds. The first-order valence-corrected chi connectivity index (χ1v) is 7.75. The zero-order valence-corrected chi connectivity index (χ0v) is 12.9. The first kappa shape index (κ1) is 16.8. The topological polar surface area (TPSA) is 55.1 Å². The standard InChI is InChI=1S/C15H28N2O.ClH/c1-2-11-6-3-4-9-14(11)17-15(18)10-12-7-5-8-13(12)16;/h11-14H,2-10,16H2,1H3,(H,17,18);1H/t11?,12-,13+,14?;/m0./s1. The molecule has 0 heterocycles. The quantitative estimate of drug-likeness (QED) is 0.835. The number of hydrogen-bond acceptors (Lipinski definition) is 2. The van der Waals surface area contributed by atoms with E-state index in [9.17, 15) is 4.79 Å². The van der Waals surface area contributed by atoms with Crippen molar-refractivity contribution in [3.63, 3.8) is 0 Å². The lowest BCUT2D eigenvalue weighted by Crippen LogP contribution is -2.43. The normalized spacial score (nSPS) is 34.6. The van der Waals surface area contributed by atoms with E-state index >= 15 is 0 Å². The smallest absolute Gasteiger partial charge is 0.220 e. The van der Waals surface area contributed by atoms with Crippen molar-refractivity contribution in [2.24, 2.45) is 17.6 Å². The molecule has 3 nitrogen and oxygen atoms in total. The number of nitrogens with one attached hydrogen (secondary N) is 1. The molecular formula is C15H29ClN2O. The lowest BCUT2D eigenvalue weighted by atomic mass is 9.82. The molecule has 2 unspecified atom stereocenters. The molecule has 2 saturated carbocycles. The number of hydrogen-bond donors (Lipinski definition) is 2. The van der Waals surface area contributed by atoms with Gasteiger partial charge in [0.2, 0.25) is 5.91 Å². The van der Waals surface area contributed by atoms with Gasteiger partial charge in [0.1, 0.15) is 0 Å². The average molecular weight is 289 g/mol. The summed E-state index contributed by atoms with van der Waals surface area (Å²) in [4.78, 5) is 12.1. The largest absolute Gasteiger partial charge is 0.353 e. The van der Waals surface area contributed by atoms with Gasteiger partial charge in [0, 0.05) is 18.5 Å². The monoisotopic (exact) mass is 288 g/mol. The zero-order valence-electron chi connectivity index (χ0n) is 12.1. The first-order valence-electron chi connectivity index (χ1n) is 7.75. The van der Waals surface area contributed by atoms with E-state index in [2.05, 4.69) is 12.2 Å². The molecule has 2 aliphatic rings. The van der Waals surface area contributed by atoms with E-state index in [4.69, 9.17) is 5.73 Å². The van der Waals surface area contributed by atoms with Gasteiger partial charge in [-0.3, -0.25) is 4.79 Å². The number of amides is 1. The van der Waals surface area contributed by atoms with E-state index < -0.39 is 0 Å². The number of nitrogens with two attached hydrogens (primary N) is 1. The van der Waals surface area contributed by atoms with Gasteiger partial charge in [0.05, 0.1) is 0 Å². The van der Waals surface area contributed by atoms with Gasteiger partial charge in [-0.15, -0.1) is 12.4 Å². The molecule has 0 spiro atoms. The Balaban J connectivity index is 0.00000180. The van der Waals surface area contributed by atoms with Gasteiger partial charge in [-0.05, 0) is 37.5 Å². The molecule has 0 aromatic rings. The number of carbonyl (C=O) groups excluding carboxylic acids is 1. The fourth-order valence-corrected chi connectivity index (χ4v) is 3.71. The third-order valence-corrected chi connectivity index (χ3v) is 4.95. The average Bonchev–Trinajstić information content (AvgIpc) is 2.75. The van der Waals surface area contributed by atoms with Crippen molar-refractivity contribution in [2.45, 2.75) is 76.8 Å². The highest BCUT2D eigenvalue weighted by atomic mass is 35.5. The van der Waals surface area contributed by atoms with Gasteiger partial charge >= 0.3 is 0 Å². The van der Waals surface area contributed by atoms with Crippen molar-refractivity contribution >= 4 is 18.3 Å². The Morgan fingerprint density at radius 1 is 1.11 bits per heavy atom. The highest BCUT2D eigenvalue weighted by Gasteiger charge is 2.29. The van der Waals surface area contributed by atoms with Crippen molar-refractivity contribution in [1.82, 2.24) is 5.32 Å². The van der Waals surface area contributed by atoms with Crippen molar-refractivity contribution < 1.29 is 4.79 Å². The summed E-state index contributed by atoms with van der Waals surface area (Å²) in [6.45, 7) is 2.24. The third-order valence-electron chi connectivity index (χ3n) is 4.95. The van der Waals surface area contributed by atoms with Crippen LogP contribution in [0.4, 0.5) is 0 Å². The van der Waals surface area contributed by atoms with Gasteiger partial charge in [-0.1, -0.05) is 32.6 Å². The van der Waals surface area contributed by atoms with E-state index in [1.165, 1.54) is 38.5 Å². The van der Waals surface area contributed by atoms with Crippen LogP contribution in [0.3, 0.4) is 0 Å². The van der Waals surface area contributed by atoms with Crippen LogP contribution in [0, 0.1) is 11.8 Å². The van der Waals surface area contributed by atoms with Crippen molar-refractivity contribution in [3.05, 3.63) is 0 Å². The fraction of sp³-hybridized carbons (Fsp3) is 0.933. The zero-order chi connectivity index (χ0) is 13.0. The van der Waals surface area contributed by atoms with Crippen LogP contribution in [-0.2, 0) is 4.79 Å². The van der Waals surface area contributed by atoms with Crippen LogP contribution in [0.25, 0.3) is 0 Å². The first-order chi connectivity index (χ1) is 8.70. The van der Waals surface area contributed by atoms with E-state index in [1.807, 2.05) is 0 Å². The van der Waals surface area contributed by atoms with E-state index in [0.29, 0.717) is 24.3 Å².